The molecule has 0 aliphatic carbocycles. The third-order valence-corrected chi connectivity index (χ3v) is 2.72. The van der Waals surface area contributed by atoms with Gasteiger partial charge in [0.15, 0.2) is 0 Å². The van der Waals surface area contributed by atoms with Crippen LogP contribution in [-0.4, -0.2) is 23.0 Å². The van der Waals surface area contributed by atoms with Crippen molar-refractivity contribution in [3.8, 4) is 0 Å². The normalized spacial score (nSPS) is 22.1. The van der Waals surface area contributed by atoms with Gasteiger partial charge in [-0.2, -0.15) is 5.10 Å². The lowest BCUT2D eigenvalue weighted by atomic mass is 10.1. The molecule has 0 unspecified atom stereocenters. The quantitative estimate of drug-likeness (QED) is 0.736. The summed E-state index contributed by atoms with van der Waals surface area (Å²) in [6.45, 7) is 7.17. The van der Waals surface area contributed by atoms with Crippen molar-refractivity contribution in [3.05, 3.63) is 18.0 Å². The average molecular weight is 194 g/mol. The van der Waals surface area contributed by atoms with Gasteiger partial charge in [0.1, 0.15) is 0 Å². The van der Waals surface area contributed by atoms with Crippen LogP contribution in [0, 0.1) is 5.92 Å². The number of aromatic nitrogens is 2. The number of hydrogen-bond donors (Lipinski definition) is 0. The van der Waals surface area contributed by atoms with Crippen LogP contribution >= 0.6 is 0 Å². The topological polar surface area (TPSA) is 27.1 Å². The molecule has 1 saturated heterocycles. The first-order valence-corrected chi connectivity index (χ1v) is 5.37. The van der Waals surface area contributed by atoms with Gasteiger partial charge in [0.25, 0.3) is 0 Å². The van der Waals surface area contributed by atoms with Crippen LogP contribution in [0.4, 0.5) is 0 Å². The zero-order valence-corrected chi connectivity index (χ0v) is 8.94. The highest BCUT2D eigenvalue weighted by Crippen LogP contribution is 2.16. The Balaban J connectivity index is 1.95. The van der Waals surface area contributed by atoms with Crippen LogP contribution in [0.1, 0.15) is 31.9 Å². The molecule has 2 rings (SSSR count). The first kappa shape index (κ1) is 9.71. The zero-order valence-electron chi connectivity index (χ0n) is 8.94. The molecule has 1 aromatic rings. The molecule has 0 saturated carbocycles. The van der Waals surface area contributed by atoms with E-state index in [0.29, 0.717) is 11.8 Å². The molecule has 3 nitrogen and oxygen atoms in total. The Bertz CT molecular complexity index is 287. The van der Waals surface area contributed by atoms with Gasteiger partial charge in [-0.05, 0) is 18.4 Å². The average Bonchev–Trinajstić information content (AvgIpc) is 2.75. The highest BCUT2D eigenvalue weighted by molar-refractivity contribution is 5.03. The summed E-state index contributed by atoms with van der Waals surface area (Å²) < 4.78 is 7.39. The van der Waals surface area contributed by atoms with E-state index in [1.807, 2.05) is 0 Å². The lowest BCUT2D eigenvalue weighted by molar-refractivity contribution is 0.181. The van der Waals surface area contributed by atoms with Gasteiger partial charge in [-0.1, -0.05) is 13.8 Å². The lowest BCUT2D eigenvalue weighted by Gasteiger charge is -2.07. The zero-order chi connectivity index (χ0) is 9.97. The minimum Gasteiger partial charge on any atom is -0.381 e. The second-order valence-electron chi connectivity index (χ2n) is 4.35. The fraction of sp³-hybridized carbons (Fsp3) is 0.727. The Kier molecular flexibility index (Phi) is 2.87. The van der Waals surface area contributed by atoms with Crippen LogP contribution in [0.15, 0.2) is 12.3 Å². The third-order valence-electron chi connectivity index (χ3n) is 2.72. The van der Waals surface area contributed by atoms with Crippen molar-refractivity contribution in [2.45, 2.75) is 32.7 Å². The van der Waals surface area contributed by atoms with E-state index in [9.17, 15) is 0 Å². The summed E-state index contributed by atoms with van der Waals surface area (Å²) in [5.74, 6) is 1.19. The van der Waals surface area contributed by atoms with Gasteiger partial charge in [-0.3, -0.25) is 4.68 Å². The lowest BCUT2D eigenvalue weighted by Crippen LogP contribution is -2.11. The molecule has 1 aromatic heterocycles. The Morgan fingerprint density at radius 1 is 1.64 bits per heavy atom. The van der Waals surface area contributed by atoms with E-state index in [2.05, 4.69) is 35.9 Å². The van der Waals surface area contributed by atoms with Gasteiger partial charge in [0, 0.05) is 25.3 Å². The minimum atomic E-state index is 0.524. The molecule has 1 aliphatic heterocycles. The predicted octanol–water partition coefficient (Wildman–Crippen LogP) is 2.04. The maximum Gasteiger partial charge on any atom is 0.0649 e. The van der Waals surface area contributed by atoms with E-state index in [1.165, 1.54) is 12.1 Å². The van der Waals surface area contributed by atoms with Crippen molar-refractivity contribution in [2.24, 2.45) is 5.92 Å². The second-order valence-corrected chi connectivity index (χ2v) is 4.35. The van der Waals surface area contributed by atoms with E-state index in [1.54, 1.807) is 0 Å². The van der Waals surface area contributed by atoms with Gasteiger partial charge in [0.05, 0.1) is 12.3 Å². The van der Waals surface area contributed by atoms with Crippen molar-refractivity contribution in [3.63, 3.8) is 0 Å². The van der Waals surface area contributed by atoms with Crippen LogP contribution in [0.25, 0.3) is 0 Å². The largest absolute Gasteiger partial charge is 0.381 e. The molecule has 0 amide bonds. The monoisotopic (exact) mass is 194 g/mol. The Hall–Kier alpha value is -0.830. The summed E-state index contributed by atoms with van der Waals surface area (Å²) in [5, 5.41) is 4.53. The summed E-state index contributed by atoms with van der Waals surface area (Å²) >= 11 is 0. The van der Waals surface area contributed by atoms with Crippen LogP contribution in [0.5, 0.6) is 0 Å². The van der Waals surface area contributed by atoms with Gasteiger partial charge >= 0.3 is 0 Å². The second kappa shape index (κ2) is 4.13. The molecule has 2 heterocycles. The Labute approximate surface area is 85.1 Å². The van der Waals surface area contributed by atoms with Crippen molar-refractivity contribution in [1.82, 2.24) is 9.78 Å². The van der Waals surface area contributed by atoms with Crippen molar-refractivity contribution in [2.75, 3.05) is 13.2 Å². The van der Waals surface area contributed by atoms with Crippen molar-refractivity contribution >= 4 is 0 Å². The Morgan fingerprint density at radius 2 is 2.50 bits per heavy atom. The number of nitrogens with zero attached hydrogens (tertiary/aromatic N) is 2. The van der Waals surface area contributed by atoms with Gasteiger partial charge in [-0.25, -0.2) is 0 Å². The molecule has 0 bridgehead atoms. The van der Waals surface area contributed by atoms with Gasteiger partial charge in [0.2, 0.25) is 0 Å². The summed E-state index contributed by atoms with van der Waals surface area (Å²) in [4.78, 5) is 0. The molecule has 0 spiro atoms. The molecule has 3 heteroatoms. The number of ether oxygens (including phenoxy) is 1. The smallest absolute Gasteiger partial charge is 0.0649 e. The maximum atomic E-state index is 5.34. The molecule has 0 N–H and O–H groups in total. The van der Waals surface area contributed by atoms with E-state index in [0.717, 1.165) is 19.8 Å². The van der Waals surface area contributed by atoms with Gasteiger partial charge in [-0.15, -0.1) is 0 Å². The van der Waals surface area contributed by atoms with Crippen LogP contribution in [0.3, 0.4) is 0 Å². The first-order valence-electron chi connectivity index (χ1n) is 5.37. The standard InChI is InChI=1S/C11H18N2O/c1-9(2)11-3-5-13(12-11)7-10-4-6-14-8-10/h3,5,9-10H,4,6-8H2,1-2H3/t10-/m0/s1. The van der Waals surface area contributed by atoms with Crippen molar-refractivity contribution in [1.29, 1.82) is 0 Å². The van der Waals surface area contributed by atoms with E-state index in [4.69, 9.17) is 4.74 Å². The summed E-state index contributed by atoms with van der Waals surface area (Å²) in [7, 11) is 0. The van der Waals surface area contributed by atoms with E-state index >= 15 is 0 Å². The molecule has 14 heavy (non-hydrogen) atoms. The maximum absolute atomic E-state index is 5.34. The summed E-state index contributed by atoms with van der Waals surface area (Å²) in [5.41, 5.74) is 1.18. The van der Waals surface area contributed by atoms with E-state index in [-0.39, 0.29) is 0 Å². The van der Waals surface area contributed by atoms with Crippen LogP contribution in [-0.2, 0) is 11.3 Å². The molecular formula is C11H18N2O. The Morgan fingerprint density at radius 3 is 3.07 bits per heavy atom. The molecule has 1 fully saturated rings. The minimum absolute atomic E-state index is 0.524. The summed E-state index contributed by atoms with van der Waals surface area (Å²) in [6.07, 6.45) is 3.25. The fourth-order valence-corrected chi connectivity index (χ4v) is 1.78. The highest BCUT2D eigenvalue weighted by atomic mass is 16.5. The highest BCUT2D eigenvalue weighted by Gasteiger charge is 2.16. The molecule has 0 radical (unpaired) electrons. The van der Waals surface area contributed by atoms with E-state index < -0.39 is 0 Å². The number of rotatable bonds is 3. The van der Waals surface area contributed by atoms with Crippen molar-refractivity contribution < 1.29 is 4.74 Å². The first-order chi connectivity index (χ1) is 6.75. The SMILES string of the molecule is CC(C)c1ccn(C[C@@H]2CCOC2)n1. The molecule has 1 aliphatic rings. The molecule has 1 atom stereocenters. The predicted molar refractivity (Wildman–Crippen MR) is 55.2 cm³/mol. The third kappa shape index (κ3) is 2.15. The van der Waals surface area contributed by atoms with Crippen LogP contribution in [0.2, 0.25) is 0 Å². The fourth-order valence-electron chi connectivity index (χ4n) is 1.78. The summed E-state index contributed by atoms with van der Waals surface area (Å²) in [6, 6.07) is 2.11. The number of hydrogen-bond acceptors (Lipinski definition) is 2. The van der Waals surface area contributed by atoms with Gasteiger partial charge < -0.3 is 4.74 Å². The molecular weight excluding hydrogens is 176 g/mol. The van der Waals surface area contributed by atoms with Crippen LogP contribution < -0.4 is 0 Å². The molecule has 0 aromatic carbocycles. The molecule has 78 valence electrons.